The Bertz CT molecular complexity index is 1710. The van der Waals surface area contributed by atoms with Crippen LogP contribution < -0.4 is 4.74 Å². The molecule has 2 N–H and O–H groups in total. The molecule has 0 atom stereocenters. The minimum Gasteiger partial charge on any atom is -0.492 e. The molecule has 184 valence electrons. The molecular formula is C29H25FN6O. The zero-order valence-corrected chi connectivity index (χ0v) is 20.5. The maximum atomic E-state index is 14.5. The second kappa shape index (κ2) is 9.48. The molecule has 0 unspecified atom stereocenters. The molecule has 0 saturated heterocycles. The van der Waals surface area contributed by atoms with Crippen molar-refractivity contribution in [1.29, 1.82) is 0 Å². The summed E-state index contributed by atoms with van der Waals surface area (Å²) in [4.78, 5) is 14.3. The quantitative estimate of drug-likeness (QED) is 0.289. The van der Waals surface area contributed by atoms with E-state index in [2.05, 4.69) is 37.3 Å². The Morgan fingerprint density at radius 3 is 2.59 bits per heavy atom. The van der Waals surface area contributed by atoms with Gasteiger partial charge >= 0.3 is 0 Å². The number of likely N-dealkylation sites (N-methyl/N-ethyl adjacent to an activating group) is 1. The van der Waals surface area contributed by atoms with Gasteiger partial charge in [-0.05, 0) is 62.1 Å². The molecule has 4 aromatic heterocycles. The number of H-pyrrole nitrogens is 2. The number of rotatable bonds is 7. The van der Waals surface area contributed by atoms with E-state index in [1.807, 2.05) is 61.6 Å². The lowest BCUT2D eigenvalue weighted by Crippen LogP contribution is -2.19. The third-order valence-corrected chi connectivity index (χ3v) is 6.31. The lowest BCUT2D eigenvalue weighted by Gasteiger charge is -2.12. The van der Waals surface area contributed by atoms with Crippen LogP contribution in [0.1, 0.15) is 0 Å². The van der Waals surface area contributed by atoms with Gasteiger partial charge in [-0.2, -0.15) is 5.10 Å². The number of ether oxygens (including phenoxy) is 1. The van der Waals surface area contributed by atoms with E-state index in [0.717, 1.165) is 50.9 Å². The first kappa shape index (κ1) is 22.9. The zero-order valence-electron chi connectivity index (χ0n) is 20.5. The largest absolute Gasteiger partial charge is 0.492 e. The van der Waals surface area contributed by atoms with E-state index in [1.165, 1.54) is 12.1 Å². The summed E-state index contributed by atoms with van der Waals surface area (Å²) in [6, 6.07) is 18.8. The Balaban J connectivity index is 1.41. The van der Waals surface area contributed by atoms with E-state index < -0.39 is 0 Å². The van der Waals surface area contributed by atoms with Crippen molar-refractivity contribution in [2.45, 2.75) is 0 Å². The van der Waals surface area contributed by atoms with E-state index >= 15 is 0 Å². The molecular weight excluding hydrogens is 467 g/mol. The third kappa shape index (κ3) is 4.54. The number of halogens is 1. The van der Waals surface area contributed by atoms with E-state index in [0.29, 0.717) is 23.6 Å². The molecule has 0 amide bonds. The van der Waals surface area contributed by atoms with Crippen LogP contribution in [-0.4, -0.2) is 57.3 Å². The number of aromatic amines is 2. The summed E-state index contributed by atoms with van der Waals surface area (Å²) in [7, 11) is 3.94. The van der Waals surface area contributed by atoms with Crippen LogP contribution in [-0.2, 0) is 0 Å². The van der Waals surface area contributed by atoms with E-state index in [-0.39, 0.29) is 5.82 Å². The molecule has 8 heteroatoms. The lowest BCUT2D eigenvalue weighted by molar-refractivity contribution is 0.260. The highest BCUT2D eigenvalue weighted by Gasteiger charge is 2.16. The molecule has 0 spiro atoms. The minimum absolute atomic E-state index is 0.367. The second-order valence-electron chi connectivity index (χ2n) is 9.21. The van der Waals surface area contributed by atoms with E-state index in [1.54, 1.807) is 12.4 Å². The van der Waals surface area contributed by atoms with Gasteiger partial charge in [-0.1, -0.05) is 12.1 Å². The van der Waals surface area contributed by atoms with Crippen LogP contribution in [0, 0.1) is 5.82 Å². The molecule has 0 bridgehead atoms. The molecule has 7 nitrogen and oxygen atoms in total. The van der Waals surface area contributed by atoms with Crippen molar-refractivity contribution < 1.29 is 9.13 Å². The number of hydrogen-bond donors (Lipinski definition) is 2. The first-order valence-electron chi connectivity index (χ1n) is 12.0. The lowest BCUT2D eigenvalue weighted by atomic mass is 10.0. The van der Waals surface area contributed by atoms with Crippen LogP contribution >= 0.6 is 0 Å². The summed E-state index contributed by atoms with van der Waals surface area (Å²) in [5.74, 6) is 0.112. The fourth-order valence-electron chi connectivity index (χ4n) is 4.47. The van der Waals surface area contributed by atoms with E-state index in [9.17, 15) is 4.39 Å². The van der Waals surface area contributed by atoms with Crippen molar-refractivity contribution >= 4 is 21.8 Å². The number of fused-ring (bicyclic) bond motifs is 2. The molecule has 0 aliphatic rings. The minimum atomic E-state index is -0.367. The predicted molar refractivity (Wildman–Crippen MR) is 144 cm³/mol. The number of nitrogens with one attached hydrogen (secondary N) is 2. The second-order valence-corrected chi connectivity index (χ2v) is 9.21. The Kier molecular flexibility index (Phi) is 5.86. The Morgan fingerprint density at radius 1 is 0.865 bits per heavy atom. The van der Waals surface area contributed by atoms with Crippen LogP contribution in [0.15, 0.2) is 79.3 Å². The van der Waals surface area contributed by atoms with Crippen molar-refractivity contribution in [3.8, 4) is 39.5 Å². The average Bonchev–Trinajstić information content (AvgIpc) is 3.52. The van der Waals surface area contributed by atoms with Gasteiger partial charge in [-0.15, -0.1) is 0 Å². The summed E-state index contributed by atoms with van der Waals surface area (Å²) >= 11 is 0. The summed E-state index contributed by atoms with van der Waals surface area (Å²) < 4.78 is 20.3. The van der Waals surface area contributed by atoms with Crippen LogP contribution in [0.25, 0.3) is 55.6 Å². The van der Waals surface area contributed by atoms with Crippen molar-refractivity contribution in [2.24, 2.45) is 0 Å². The maximum Gasteiger partial charge on any atom is 0.127 e. The molecule has 0 aliphatic heterocycles. The SMILES string of the molecule is CN(C)CCOc1cc(F)cc(-c2nccc3[nH]c(-c4n[nH]c5ccc(-c6cccnc6)cc45)cc23)c1. The van der Waals surface area contributed by atoms with Gasteiger partial charge in [0, 0.05) is 58.6 Å². The highest BCUT2D eigenvalue weighted by molar-refractivity contribution is 6.00. The van der Waals surface area contributed by atoms with Gasteiger partial charge in [0.2, 0.25) is 0 Å². The summed E-state index contributed by atoms with van der Waals surface area (Å²) in [5.41, 5.74) is 6.89. The predicted octanol–water partition coefficient (Wildman–Crippen LogP) is 5.91. The zero-order chi connectivity index (χ0) is 25.4. The Labute approximate surface area is 213 Å². The van der Waals surface area contributed by atoms with Crippen molar-refractivity contribution in [2.75, 3.05) is 27.2 Å². The Hall–Kier alpha value is -4.56. The first-order valence-corrected chi connectivity index (χ1v) is 12.0. The number of benzene rings is 2. The third-order valence-electron chi connectivity index (χ3n) is 6.31. The molecule has 4 heterocycles. The highest BCUT2D eigenvalue weighted by Crippen LogP contribution is 2.35. The van der Waals surface area contributed by atoms with Gasteiger partial charge in [0.15, 0.2) is 0 Å². The molecule has 0 fully saturated rings. The van der Waals surface area contributed by atoms with Crippen LogP contribution in [0.2, 0.25) is 0 Å². The standard InChI is InChI=1S/C29H25FN6O/c1-36(2)10-11-37-22-13-20(12-21(30)15-22)28-24-16-27(33-25(24)7-9-32-28)29-23-14-18(5-6-26(23)34-35-29)19-4-3-8-31-17-19/h3-9,12-17,33H,10-11H2,1-2H3,(H,34,35). The van der Waals surface area contributed by atoms with Gasteiger partial charge in [0.25, 0.3) is 0 Å². The molecule has 2 aromatic carbocycles. The first-order chi connectivity index (χ1) is 18.0. The molecule has 6 aromatic rings. The normalized spacial score (nSPS) is 11.6. The topological polar surface area (TPSA) is 82.7 Å². The van der Waals surface area contributed by atoms with Crippen molar-refractivity contribution in [1.82, 2.24) is 30.0 Å². The number of pyridine rings is 2. The fourth-order valence-corrected chi connectivity index (χ4v) is 4.47. The Morgan fingerprint density at radius 2 is 1.76 bits per heavy atom. The van der Waals surface area contributed by atoms with Gasteiger partial charge in [0.05, 0.1) is 16.9 Å². The molecule has 0 saturated carbocycles. The van der Waals surface area contributed by atoms with Crippen LogP contribution in [0.3, 0.4) is 0 Å². The van der Waals surface area contributed by atoms with Gasteiger partial charge in [-0.25, -0.2) is 4.39 Å². The summed E-state index contributed by atoms with van der Waals surface area (Å²) in [6.07, 6.45) is 5.33. The molecule has 0 radical (unpaired) electrons. The molecule has 6 rings (SSSR count). The monoisotopic (exact) mass is 492 g/mol. The van der Waals surface area contributed by atoms with Crippen molar-refractivity contribution in [3.05, 3.63) is 85.1 Å². The van der Waals surface area contributed by atoms with Gasteiger partial charge < -0.3 is 14.6 Å². The van der Waals surface area contributed by atoms with Gasteiger partial charge in [-0.3, -0.25) is 15.1 Å². The highest BCUT2D eigenvalue weighted by atomic mass is 19.1. The fraction of sp³-hybridized carbons (Fsp3) is 0.138. The maximum absolute atomic E-state index is 14.5. The average molecular weight is 493 g/mol. The van der Waals surface area contributed by atoms with E-state index in [4.69, 9.17) is 4.74 Å². The van der Waals surface area contributed by atoms with Crippen LogP contribution in [0.4, 0.5) is 4.39 Å². The van der Waals surface area contributed by atoms with Crippen molar-refractivity contribution in [3.63, 3.8) is 0 Å². The summed E-state index contributed by atoms with van der Waals surface area (Å²) in [5, 5.41) is 9.59. The number of hydrogen-bond acceptors (Lipinski definition) is 5. The smallest absolute Gasteiger partial charge is 0.127 e. The number of aromatic nitrogens is 5. The molecule has 37 heavy (non-hydrogen) atoms. The molecule has 0 aliphatic carbocycles. The van der Waals surface area contributed by atoms with Crippen LogP contribution in [0.5, 0.6) is 5.75 Å². The van der Waals surface area contributed by atoms with Gasteiger partial charge in [0.1, 0.15) is 23.9 Å². The number of nitrogens with zero attached hydrogens (tertiary/aromatic N) is 4. The summed E-state index contributed by atoms with van der Waals surface area (Å²) in [6.45, 7) is 1.20.